The number of fused-ring (bicyclic) bond motifs is 1. The largest absolute Gasteiger partial charge is 0.410 e. The van der Waals surface area contributed by atoms with Crippen molar-refractivity contribution in [1.82, 2.24) is 14.6 Å². The van der Waals surface area contributed by atoms with Crippen LogP contribution in [0.15, 0.2) is 21.8 Å². The summed E-state index contributed by atoms with van der Waals surface area (Å²) in [5.74, 6) is 0.184. The van der Waals surface area contributed by atoms with Gasteiger partial charge in [-0.25, -0.2) is 0 Å². The van der Waals surface area contributed by atoms with Crippen molar-refractivity contribution in [2.45, 2.75) is 0 Å². The van der Waals surface area contributed by atoms with Gasteiger partial charge in [0.25, 0.3) is 5.56 Å². The minimum absolute atomic E-state index is 0.184. The third-order valence-electron chi connectivity index (χ3n) is 1.03. The molecule has 2 aromatic rings. The fourth-order valence-corrected chi connectivity index (χ4v) is 0.627. The van der Waals surface area contributed by atoms with Crippen molar-refractivity contribution in [3.05, 3.63) is 29.0 Å². The quantitative estimate of drug-likeness (QED) is 0.489. The maximum Gasteiger partial charge on any atom is 0.327 e. The molecular weight excluding hydrogens is 134 g/mol. The molecule has 0 saturated heterocycles. The maximum atomic E-state index is 10.5. The summed E-state index contributed by atoms with van der Waals surface area (Å²) in [7, 11) is 0. The lowest BCUT2D eigenvalue weighted by atomic mass is 10.7. The molecule has 0 aliphatic carbocycles. The van der Waals surface area contributed by atoms with Gasteiger partial charge in [-0.2, -0.15) is 9.50 Å². The molecule has 5 nitrogen and oxygen atoms in total. The molecule has 0 fully saturated rings. The van der Waals surface area contributed by atoms with Crippen LogP contribution in [0.25, 0.3) is 5.84 Å². The Hall–Kier alpha value is -1.65. The lowest BCUT2D eigenvalue weighted by molar-refractivity contribution is 0.585. The molecule has 0 unspecified atom stereocenters. The van der Waals surface area contributed by atoms with Crippen LogP contribution >= 0.6 is 0 Å². The van der Waals surface area contributed by atoms with Crippen LogP contribution in [-0.2, 0) is 0 Å². The van der Waals surface area contributed by atoms with Gasteiger partial charge in [-0.3, -0.25) is 4.79 Å². The zero-order valence-electron chi connectivity index (χ0n) is 4.81. The van der Waals surface area contributed by atoms with Gasteiger partial charge < -0.3 is 4.42 Å². The van der Waals surface area contributed by atoms with E-state index in [0.29, 0.717) is 0 Å². The van der Waals surface area contributed by atoms with E-state index in [0.717, 1.165) is 0 Å². The molecular formula is C5H2N3O2. The molecule has 0 bridgehead atoms. The monoisotopic (exact) mass is 136 g/mol. The molecule has 0 spiro atoms. The van der Waals surface area contributed by atoms with Gasteiger partial charge in [0.1, 0.15) is 0 Å². The van der Waals surface area contributed by atoms with E-state index in [9.17, 15) is 4.79 Å². The smallest absolute Gasteiger partial charge is 0.327 e. The molecule has 0 aliphatic heterocycles. The third-order valence-corrected chi connectivity index (χ3v) is 1.03. The Morgan fingerprint density at radius 1 is 1.70 bits per heavy atom. The zero-order valence-corrected chi connectivity index (χ0v) is 4.81. The number of rotatable bonds is 0. The molecule has 0 aliphatic rings. The zero-order chi connectivity index (χ0) is 6.97. The first kappa shape index (κ1) is 5.16. The van der Waals surface area contributed by atoms with E-state index in [2.05, 4.69) is 16.1 Å². The van der Waals surface area contributed by atoms with Crippen LogP contribution in [0.5, 0.6) is 0 Å². The molecule has 2 rings (SSSR count). The second kappa shape index (κ2) is 1.66. The van der Waals surface area contributed by atoms with E-state index in [1.165, 1.54) is 17.1 Å². The molecule has 0 saturated carbocycles. The van der Waals surface area contributed by atoms with Gasteiger partial charge in [0.2, 0.25) is 6.39 Å². The molecule has 1 radical (unpaired) electrons. The summed E-state index contributed by atoms with van der Waals surface area (Å²) < 4.78 is 6.04. The molecule has 0 N–H and O–H groups in total. The number of hydrogen-bond donors (Lipinski definition) is 0. The average molecular weight is 136 g/mol. The summed E-state index contributed by atoms with van der Waals surface area (Å²) in [6.45, 7) is 0. The Bertz CT molecular complexity index is 402. The van der Waals surface area contributed by atoms with Crippen molar-refractivity contribution in [2.24, 2.45) is 0 Å². The standard InChI is InChI=1S/C5H2N3O2/c9-4-1-2-8-5(7-4)10-3-6-8/h2-3H. The van der Waals surface area contributed by atoms with E-state index in [1.807, 2.05) is 0 Å². The van der Waals surface area contributed by atoms with Crippen molar-refractivity contribution in [3.63, 3.8) is 0 Å². The predicted molar refractivity (Wildman–Crippen MR) is 30.4 cm³/mol. The molecule has 0 atom stereocenters. The highest BCUT2D eigenvalue weighted by atomic mass is 16.4. The topological polar surface area (TPSA) is 60.4 Å². The average Bonchev–Trinajstić information content (AvgIpc) is 2.33. The molecule has 2 heterocycles. The highest BCUT2D eigenvalue weighted by Gasteiger charge is 1.95. The van der Waals surface area contributed by atoms with Gasteiger partial charge in [-0.05, 0) is 0 Å². The van der Waals surface area contributed by atoms with Crippen LogP contribution in [0.3, 0.4) is 0 Å². The second-order valence-electron chi connectivity index (χ2n) is 1.66. The van der Waals surface area contributed by atoms with Crippen molar-refractivity contribution in [3.8, 4) is 0 Å². The molecule has 0 aromatic carbocycles. The fourth-order valence-electron chi connectivity index (χ4n) is 0.627. The van der Waals surface area contributed by atoms with E-state index in [1.54, 1.807) is 0 Å². The van der Waals surface area contributed by atoms with Crippen molar-refractivity contribution < 1.29 is 4.42 Å². The van der Waals surface area contributed by atoms with Crippen LogP contribution in [0.1, 0.15) is 0 Å². The summed E-state index contributed by atoms with van der Waals surface area (Å²) in [5.41, 5.74) is -0.447. The predicted octanol–water partition coefficient (Wildman–Crippen LogP) is -0.517. The summed E-state index contributed by atoms with van der Waals surface area (Å²) in [5, 5.41) is 3.68. The molecule has 5 heteroatoms. The van der Waals surface area contributed by atoms with Crippen LogP contribution in [0, 0.1) is 6.07 Å². The Morgan fingerprint density at radius 2 is 2.60 bits per heavy atom. The lowest BCUT2D eigenvalue weighted by Crippen LogP contribution is -2.05. The van der Waals surface area contributed by atoms with Crippen LogP contribution in [-0.4, -0.2) is 14.6 Å². The number of aromatic nitrogens is 3. The normalized spacial score (nSPS) is 10.4. The molecule has 0 amide bonds. The molecule has 49 valence electrons. The molecule has 10 heavy (non-hydrogen) atoms. The maximum absolute atomic E-state index is 10.5. The summed E-state index contributed by atoms with van der Waals surface area (Å²) in [4.78, 5) is 14.0. The first-order valence-corrected chi connectivity index (χ1v) is 2.57. The SMILES string of the molecule is O=c1[c]cn2ncoc2n1. The van der Waals surface area contributed by atoms with Crippen LogP contribution in [0.2, 0.25) is 0 Å². The highest BCUT2D eigenvalue weighted by Crippen LogP contribution is 1.90. The summed E-state index contributed by atoms with van der Waals surface area (Å²) >= 11 is 0. The Kier molecular flexibility index (Phi) is 0.858. The summed E-state index contributed by atoms with van der Waals surface area (Å²) in [6.07, 6.45) is 2.57. The van der Waals surface area contributed by atoms with Gasteiger partial charge in [0.15, 0.2) is 0 Å². The van der Waals surface area contributed by atoms with Crippen LogP contribution in [0.4, 0.5) is 0 Å². The van der Waals surface area contributed by atoms with Crippen molar-refractivity contribution >= 4 is 5.84 Å². The van der Waals surface area contributed by atoms with E-state index >= 15 is 0 Å². The first-order valence-electron chi connectivity index (χ1n) is 2.57. The van der Waals surface area contributed by atoms with Crippen molar-refractivity contribution in [2.75, 3.05) is 0 Å². The van der Waals surface area contributed by atoms with Crippen molar-refractivity contribution in [1.29, 1.82) is 0 Å². The Morgan fingerprint density at radius 3 is 3.50 bits per heavy atom. The van der Waals surface area contributed by atoms with Gasteiger partial charge in [0, 0.05) is 6.20 Å². The third kappa shape index (κ3) is 0.604. The molecule has 2 aromatic heterocycles. The minimum Gasteiger partial charge on any atom is -0.410 e. The van der Waals surface area contributed by atoms with E-state index in [-0.39, 0.29) is 5.84 Å². The van der Waals surface area contributed by atoms with Gasteiger partial charge in [-0.1, -0.05) is 0 Å². The first-order chi connectivity index (χ1) is 4.86. The summed E-state index contributed by atoms with van der Waals surface area (Å²) in [6, 6.07) is 2.33. The minimum atomic E-state index is -0.447. The van der Waals surface area contributed by atoms with Gasteiger partial charge >= 0.3 is 5.84 Å². The van der Waals surface area contributed by atoms with Crippen LogP contribution < -0.4 is 5.56 Å². The Labute approximate surface area is 54.9 Å². The lowest BCUT2D eigenvalue weighted by Gasteiger charge is -1.81. The van der Waals surface area contributed by atoms with E-state index in [4.69, 9.17) is 4.42 Å². The van der Waals surface area contributed by atoms with Gasteiger partial charge in [0.05, 0.1) is 6.07 Å². The number of nitrogens with zero attached hydrogens (tertiary/aromatic N) is 3. The second-order valence-corrected chi connectivity index (χ2v) is 1.66. The van der Waals surface area contributed by atoms with E-state index < -0.39 is 5.56 Å². The van der Waals surface area contributed by atoms with Gasteiger partial charge in [-0.15, -0.1) is 5.10 Å². The number of hydrogen-bond acceptors (Lipinski definition) is 4. The Balaban J connectivity index is 2.99. The highest BCUT2D eigenvalue weighted by molar-refractivity contribution is 5.16. The fraction of sp³-hybridized carbons (Fsp3) is 0.